The Morgan fingerprint density at radius 2 is 1.78 bits per heavy atom. The maximum atomic E-state index is 12.1. The Morgan fingerprint density at radius 1 is 1.15 bits per heavy atom. The number of carbonyl (C=O) groups is 3. The molecule has 0 saturated carbocycles. The molecule has 1 aromatic rings. The van der Waals surface area contributed by atoms with Gasteiger partial charge in [-0.15, -0.1) is 0 Å². The molecule has 0 radical (unpaired) electrons. The van der Waals surface area contributed by atoms with Crippen molar-refractivity contribution in [2.45, 2.75) is 26.7 Å². The molecule has 0 aromatic heterocycles. The van der Waals surface area contributed by atoms with E-state index in [1.165, 1.54) is 14.2 Å². The van der Waals surface area contributed by atoms with Gasteiger partial charge in [-0.1, -0.05) is 13.8 Å². The van der Waals surface area contributed by atoms with Crippen LogP contribution in [0.4, 0.5) is 0 Å². The van der Waals surface area contributed by atoms with E-state index in [2.05, 4.69) is 10.3 Å². The SMILES string of the molecule is CCC(=O)NC1=NC(=O)/C(=C/c2cc(OC)c(OC(=O)CC)c(OC)c2)S1. The number of esters is 1. The van der Waals surface area contributed by atoms with Crippen molar-refractivity contribution in [2.75, 3.05) is 14.2 Å². The Labute approximate surface area is 161 Å². The first-order valence-electron chi connectivity index (χ1n) is 8.20. The zero-order chi connectivity index (χ0) is 20.0. The number of thioether (sulfide) groups is 1. The highest BCUT2D eigenvalue weighted by molar-refractivity contribution is 8.18. The van der Waals surface area contributed by atoms with Gasteiger partial charge in [0.15, 0.2) is 16.7 Å². The van der Waals surface area contributed by atoms with E-state index < -0.39 is 11.9 Å². The van der Waals surface area contributed by atoms with Crippen LogP contribution in [0.15, 0.2) is 22.0 Å². The standard InChI is InChI=1S/C18H20N2O6S/c1-5-14(21)19-18-20-17(23)13(27-18)9-10-7-11(24-3)16(12(8-10)25-4)26-15(22)6-2/h7-9H,5-6H2,1-4H3,(H,19,20,21,23)/b13-9-. The van der Waals surface area contributed by atoms with Gasteiger partial charge in [0, 0.05) is 12.8 Å². The second kappa shape index (κ2) is 9.22. The Hall–Kier alpha value is -2.81. The second-order valence-corrected chi connectivity index (χ2v) is 6.35. The molecule has 1 aliphatic heterocycles. The summed E-state index contributed by atoms with van der Waals surface area (Å²) in [5.41, 5.74) is 0.592. The third-order valence-electron chi connectivity index (χ3n) is 3.47. The summed E-state index contributed by atoms with van der Waals surface area (Å²) in [6.45, 7) is 3.39. The number of benzene rings is 1. The molecule has 1 N–H and O–H groups in total. The van der Waals surface area contributed by atoms with Gasteiger partial charge in [0.05, 0.1) is 19.1 Å². The quantitative estimate of drug-likeness (QED) is 0.451. The van der Waals surface area contributed by atoms with Crippen molar-refractivity contribution < 1.29 is 28.6 Å². The molecule has 0 bridgehead atoms. The summed E-state index contributed by atoms with van der Waals surface area (Å²) in [6, 6.07) is 3.23. The molecular formula is C18H20N2O6S. The molecule has 0 aliphatic carbocycles. The number of amidine groups is 1. The largest absolute Gasteiger partial charge is 0.493 e. The second-order valence-electron chi connectivity index (χ2n) is 5.32. The number of methoxy groups -OCH3 is 2. The summed E-state index contributed by atoms with van der Waals surface area (Å²) in [7, 11) is 2.87. The fourth-order valence-electron chi connectivity index (χ4n) is 2.09. The third-order valence-corrected chi connectivity index (χ3v) is 4.37. The summed E-state index contributed by atoms with van der Waals surface area (Å²) in [5.74, 6) is -0.347. The van der Waals surface area contributed by atoms with E-state index >= 15 is 0 Å². The lowest BCUT2D eigenvalue weighted by Crippen LogP contribution is -2.26. The van der Waals surface area contributed by atoms with Gasteiger partial charge >= 0.3 is 5.97 Å². The normalized spacial score (nSPS) is 14.7. The van der Waals surface area contributed by atoms with E-state index in [0.717, 1.165) is 11.8 Å². The Morgan fingerprint density at radius 3 is 2.30 bits per heavy atom. The van der Waals surface area contributed by atoms with Gasteiger partial charge in [-0.05, 0) is 35.5 Å². The topological polar surface area (TPSA) is 103 Å². The van der Waals surface area contributed by atoms with Crippen LogP contribution in [0, 0.1) is 0 Å². The smallest absolute Gasteiger partial charge is 0.311 e. The first-order valence-corrected chi connectivity index (χ1v) is 9.02. The first kappa shape index (κ1) is 20.5. The minimum Gasteiger partial charge on any atom is -0.493 e. The molecule has 0 fully saturated rings. The average molecular weight is 392 g/mol. The lowest BCUT2D eigenvalue weighted by Gasteiger charge is -2.14. The molecular weight excluding hydrogens is 372 g/mol. The molecule has 0 atom stereocenters. The Bertz CT molecular complexity index is 806. The van der Waals surface area contributed by atoms with Crippen LogP contribution in [0.5, 0.6) is 17.2 Å². The molecule has 1 aromatic carbocycles. The monoisotopic (exact) mass is 392 g/mol. The van der Waals surface area contributed by atoms with E-state index in [1.54, 1.807) is 32.1 Å². The van der Waals surface area contributed by atoms with Crippen molar-refractivity contribution in [3.8, 4) is 17.2 Å². The highest BCUT2D eigenvalue weighted by atomic mass is 32.2. The zero-order valence-corrected chi connectivity index (χ0v) is 16.3. The van der Waals surface area contributed by atoms with Crippen LogP contribution < -0.4 is 19.5 Å². The molecule has 1 aliphatic rings. The van der Waals surface area contributed by atoms with E-state index in [-0.39, 0.29) is 23.2 Å². The van der Waals surface area contributed by atoms with E-state index in [9.17, 15) is 14.4 Å². The van der Waals surface area contributed by atoms with Crippen LogP contribution in [0.2, 0.25) is 0 Å². The van der Waals surface area contributed by atoms with Crippen molar-refractivity contribution in [3.63, 3.8) is 0 Å². The number of aliphatic imine (C=N–C) groups is 1. The number of rotatable bonds is 6. The number of nitrogens with zero attached hydrogens (tertiary/aromatic N) is 1. The Kier molecular flexibility index (Phi) is 7.00. The molecule has 2 rings (SSSR count). The predicted octanol–water partition coefficient (Wildman–Crippen LogP) is 2.52. The maximum absolute atomic E-state index is 12.1. The molecule has 1 heterocycles. The van der Waals surface area contributed by atoms with Gasteiger partial charge in [0.1, 0.15) is 0 Å². The van der Waals surface area contributed by atoms with Gasteiger partial charge in [-0.3, -0.25) is 14.4 Å². The summed E-state index contributed by atoms with van der Waals surface area (Å²) in [5, 5.41) is 2.80. The van der Waals surface area contributed by atoms with Gasteiger partial charge in [-0.2, -0.15) is 4.99 Å². The minimum absolute atomic E-state index is 0.173. The van der Waals surface area contributed by atoms with E-state index in [1.807, 2.05) is 0 Å². The molecule has 9 heteroatoms. The molecule has 2 amide bonds. The van der Waals surface area contributed by atoms with Gasteiger partial charge in [-0.25, -0.2) is 0 Å². The number of hydrogen-bond acceptors (Lipinski definition) is 7. The van der Waals surface area contributed by atoms with Crippen LogP contribution in [-0.2, 0) is 14.4 Å². The Balaban J connectivity index is 2.32. The van der Waals surface area contributed by atoms with Crippen LogP contribution in [0.25, 0.3) is 6.08 Å². The van der Waals surface area contributed by atoms with E-state index in [0.29, 0.717) is 28.4 Å². The van der Waals surface area contributed by atoms with Crippen LogP contribution >= 0.6 is 11.8 Å². The minimum atomic E-state index is -0.453. The predicted molar refractivity (Wildman–Crippen MR) is 102 cm³/mol. The molecule has 0 saturated heterocycles. The van der Waals surface area contributed by atoms with Crippen molar-refractivity contribution in [2.24, 2.45) is 4.99 Å². The number of hydrogen-bond donors (Lipinski definition) is 1. The highest BCUT2D eigenvalue weighted by Gasteiger charge is 2.24. The fraction of sp³-hybridized carbons (Fsp3) is 0.333. The van der Waals surface area contributed by atoms with Crippen molar-refractivity contribution in [3.05, 3.63) is 22.6 Å². The average Bonchev–Trinajstić information content (AvgIpc) is 3.00. The van der Waals surface area contributed by atoms with Gasteiger partial charge in [0.2, 0.25) is 11.7 Å². The van der Waals surface area contributed by atoms with Gasteiger partial charge < -0.3 is 19.5 Å². The third kappa shape index (κ3) is 5.10. The van der Waals surface area contributed by atoms with Crippen molar-refractivity contribution in [1.82, 2.24) is 5.32 Å². The maximum Gasteiger partial charge on any atom is 0.311 e. The number of nitrogens with one attached hydrogen (secondary N) is 1. The van der Waals surface area contributed by atoms with E-state index in [4.69, 9.17) is 14.2 Å². The molecule has 8 nitrogen and oxygen atoms in total. The highest BCUT2D eigenvalue weighted by Crippen LogP contribution is 2.40. The van der Waals surface area contributed by atoms with Crippen molar-refractivity contribution >= 4 is 40.8 Å². The first-order chi connectivity index (χ1) is 12.9. The lowest BCUT2D eigenvalue weighted by molar-refractivity contribution is -0.134. The molecule has 0 unspecified atom stereocenters. The van der Waals surface area contributed by atoms with Crippen LogP contribution in [0.3, 0.4) is 0 Å². The zero-order valence-electron chi connectivity index (χ0n) is 15.5. The summed E-state index contributed by atoms with van der Waals surface area (Å²) in [4.78, 5) is 39.3. The van der Waals surface area contributed by atoms with Crippen LogP contribution in [0.1, 0.15) is 32.3 Å². The molecule has 0 spiro atoms. The summed E-state index contributed by atoms with van der Waals surface area (Å²) < 4.78 is 15.9. The fourth-order valence-corrected chi connectivity index (χ4v) is 2.92. The number of amides is 2. The van der Waals surface area contributed by atoms with Gasteiger partial charge in [0.25, 0.3) is 5.91 Å². The molecule has 27 heavy (non-hydrogen) atoms. The number of carbonyl (C=O) groups excluding carboxylic acids is 3. The lowest BCUT2D eigenvalue weighted by atomic mass is 10.1. The summed E-state index contributed by atoms with van der Waals surface area (Å²) in [6.07, 6.45) is 2.09. The number of ether oxygens (including phenoxy) is 3. The van der Waals surface area contributed by atoms with Crippen molar-refractivity contribution in [1.29, 1.82) is 0 Å². The summed E-state index contributed by atoms with van der Waals surface area (Å²) >= 11 is 1.07. The van der Waals surface area contributed by atoms with Crippen LogP contribution in [-0.4, -0.2) is 37.2 Å². The molecule has 144 valence electrons.